The van der Waals surface area contributed by atoms with Crippen molar-refractivity contribution in [2.75, 3.05) is 0 Å². The maximum Gasteiger partial charge on any atom is 0.340 e. The van der Waals surface area contributed by atoms with Crippen molar-refractivity contribution >= 4 is 23.8 Å². The second kappa shape index (κ2) is 8.09. The summed E-state index contributed by atoms with van der Waals surface area (Å²) in [5, 5.41) is 9.14. The van der Waals surface area contributed by atoms with Crippen LogP contribution in [0.1, 0.15) is 32.1 Å². The predicted octanol–water partition coefficient (Wildman–Crippen LogP) is 2.03. The molecule has 0 spiro atoms. The fourth-order valence-electron chi connectivity index (χ4n) is 2.23. The Morgan fingerprint density at radius 3 is 2.57 bits per heavy atom. The van der Waals surface area contributed by atoms with Crippen LogP contribution in [-0.4, -0.2) is 28.9 Å². The highest BCUT2D eigenvalue weighted by Gasteiger charge is 2.31. The smallest absolute Gasteiger partial charge is 0.340 e. The molecule has 112 valence electrons. The molecule has 0 bridgehead atoms. The molecule has 21 heavy (non-hydrogen) atoms. The third kappa shape index (κ3) is 4.34. The normalized spacial score (nSPS) is 17.7. The molecule has 0 amide bonds. The molecule has 0 heterocycles. The largest absolute Gasteiger partial charge is 0.478 e. The molecule has 5 heteroatoms. The van der Waals surface area contributed by atoms with Gasteiger partial charge in [0.05, 0.1) is 0 Å². The zero-order valence-corrected chi connectivity index (χ0v) is 11.7. The number of carboxylic acid groups (broad SMARTS) is 1. The molecule has 1 N–H and O–H groups in total. The maximum atomic E-state index is 12.2. The first-order valence-corrected chi connectivity index (χ1v) is 6.83. The summed E-state index contributed by atoms with van der Waals surface area (Å²) in [4.78, 5) is 45.2. The molecule has 0 aromatic heterocycles. The molecule has 0 fully saturated rings. The van der Waals surface area contributed by atoms with Crippen molar-refractivity contribution in [2.24, 2.45) is 5.92 Å². The van der Waals surface area contributed by atoms with E-state index in [1.165, 1.54) is 6.08 Å². The van der Waals surface area contributed by atoms with Gasteiger partial charge in [0.15, 0.2) is 11.6 Å². The Hall–Kier alpha value is -2.30. The number of Topliss-reactive ketones (excluding diaryl/α,β-unsaturated/α-hetero) is 1. The van der Waals surface area contributed by atoms with Crippen molar-refractivity contribution in [1.82, 2.24) is 0 Å². The fourth-order valence-corrected chi connectivity index (χ4v) is 2.23. The first-order valence-electron chi connectivity index (χ1n) is 6.83. The third-order valence-electron chi connectivity index (χ3n) is 3.35. The van der Waals surface area contributed by atoms with Crippen molar-refractivity contribution in [1.29, 1.82) is 0 Å². The van der Waals surface area contributed by atoms with Gasteiger partial charge in [-0.3, -0.25) is 9.59 Å². The quantitative estimate of drug-likeness (QED) is 0.304. The lowest BCUT2D eigenvalue weighted by atomic mass is 9.84. The molecule has 0 aliphatic heterocycles. The standard InChI is InChI=1S/C16H18O5/c1-2-13(18)12-9-8-11(7-5-3-4-6-10-17)15(19)14(12)16(20)21/h2,8-11H,1,3-7H2,(H,20,21). The molecule has 0 radical (unpaired) electrons. The van der Waals surface area contributed by atoms with Gasteiger partial charge in [0.1, 0.15) is 11.9 Å². The van der Waals surface area contributed by atoms with E-state index >= 15 is 0 Å². The van der Waals surface area contributed by atoms with Crippen molar-refractivity contribution in [3.8, 4) is 0 Å². The molecule has 0 saturated carbocycles. The van der Waals surface area contributed by atoms with Gasteiger partial charge in [-0.25, -0.2) is 4.79 Å². The number of carbonyl (C=O) groups excluding carboxylic acids is 3. The number of rotatable bonds is 9. The molecule has 5 nitrogen and oxygen atoms in total. The van der Waals surface area contributed by atoms with Gasteiger partial charge in [-0.2, -0.15) is 0 Å². The van der Waals surface area contributed by atoms with E-state index in [9.17, 15) is 19.2 Å². The number of carbonyl (C=O) groups is 4. The first-order chi connectivity index (χ1) is 10.0. The Balaban J connectivity index is 2.77. The Bertz CT molecular complexity index is 525. The van der Waals surface area contributed by atoms with E-state index in [0.29, 0.717) is 12.8 Å². The van der Waals surface area contributed by atoms with Gasteiger partial charge in [-0.05, 0) is 18.9 Å². The number of aldehydes is 1. The van der Waals surface area contributed by atoms with Crippen LogP contribution in [0.3, 0.4) is 0 Å². The average molecular weight is 290 g/mol. The summed E-state index contributed by atoms with van der Waals surface area (Å²) in [5.41, 5.74) is -0.569. The van der Waals surface area contributed by atoms with E-state index in [-0.39, 0.29) is 5.57 Å². The van der Waals surface area contributed by atoms with E-state index < -0.39 is 29.0 Å². The number of aliphatic carboxylic acids is 1. The van der Waals surface area contributed by atoms with E-state index in [0.717, 1.165) is 31.6 Å². The van der Waals surface area contributed by atoms with Crippen molar-refractivity contribution < 1.29 is 24.3 Å². The number of hydrogen-bond acceptors (Lipinski definition) is 4. The van der Waals surface area contributed by atoms with Gasteiger partial charge in [0.25, 0.3) is 0 Å². The molecular weight excluding hydrogens is 272 g/mol. The molecule has 1 atom stereocenters. The lowest BCUT2D eigenvalue weighted by molar-refractivity contribution is -0.135. The summed E-state index contributed by atoms with van der Waals surface area (Å²) in [5.74, 6) is -3.01. The number of unbranched alkanes of at least 4 members (excludes halogenated alkanes) is 3. The molecular formula is C16H18O5. The second-order valence-electron chi connectivity index (χ2n) is 4.80. The van der Waals surface area contributed by atoms with E-state index in [4.69, 9.17) is 5.11 Å². The summed E-state index contributed by atoms with van der Waals surface area (Å²) in [7, 11) is 0. The van der Waals surface area contributed by atoms with Gasteiger partial charge in [0, 0.05) is 17.9 Å². The van der Waals surface area contributed by atoms with Crippen LogP contribution in [0.2, 0.25) is 0 Å². The van der Waals surface area contributed by atoms with E-state index in [1.807, 2.05) is 0 Å². The molecule has 0 aromatic rings. The minimum Gasteiger partial charge on any atom is -0.478 e. The number of allylic oxidation sites excluding steroid dienone is 4. The average Bonchev–Trinajstić information content (AvgIpc) is 2.46. The summed E-state index contributed by atoms with van der Waals surface area (Å²) in [6.07, 6.45) is 8.12. The van der Waals surface area contributed by atoms with E-state index in [1.54, 1.807) is 6.08 Å². The molecule has 0 saturated heterocycles. The molecule has 1 unspecified atom stereocenters. The van der Waals surface area contributed by atoms with Gasteiger partial charge >= 0.3 is 5.97 Å². The first kappa shape index (κ1) is 16.8. The molecule has 1 rings (SSSR count). The summed E-state index contributed by atoms with van der Waals surface area (Å²) in [6.45, 7) is 3.30. The fraction of sp³-hybridized carbons (Fsp3) is 0.375. The molecule has 0 aromatic carbocycles. The summed E-state index contributed by atoms with van der Waals surface area (Å²) in [6, 6.07) is 0. The SMILES string of the molecule is C=CC(=O)C1=C(C(=O)O)C(=O)C(CCCCCC=O)C=C1. The van der Waals surface area contributed by atoms with Crippen LogP contribution in [-0.2, 0) is 19.2 Å². The number of hydrogen-bond donors (Lipinski definition) is 1. The van der Waals surface area contributed by atoms with Gasteiger partial charge < -0.3 is 9.90 Å². The van der Waals surface area contributed by atoms with Crippen LogP contribution >= 0.6 is 0 Å². The minimum absolute atomic E-state index is 0.111. The third-order valence-corrected chi connectivity index (χ3v) is 3.35. The van der Waals surface area contributed by atoms with Crippen LogP contribution in [0.4, 0.5) is 0 Å². The Morgan fingerprint density at radius 2 is 2.00 bits per heavy atom. The highest BCUT2D eigenvalue weighted by molar-refractivity contribution is 6.26. The maximum absolute atomic E-state index is 12.2. The topological polar surface area (TPSA) is 88.5 Å². The monoisotopic (exact) mass is 290 g/mol. The second-order valence-corrected chi connectivity index (χ2v) is 4.80. The predicted molar refractivity (Wildman–Crippen MR) is 76.7 cm³/mol. The number of carboxylic acids is 1. The zero-order chi connectivity index (χ0) is 15.8. The Morgan fingerprint density at radius 1 is 1.29 bits per heavy atom. The van der Waals surface area contributed by atoms with Crippen molar-refractivity contribution in [2.45, 2.75) is 32.1 Å². The summed E-state index contributed by atoms with van der Waals surface area (Å²) >= 11 is 0. The number of ketones is 2. The van der Waals surface area contributed by atoms with Crippen LogP contribution in [0.15, 0.2) is 36.0 Å². The van der Waals surface area contributed by atoms with Gasteiger partial charge in [-0.1, -0.05) is 31.6 Å². The lowest BCUT2D eigenvalue weighted by Gasteiger charge is -2.18. The van der Waals surface area contributed by atoms with Crippen LogP contribution < -0.4 is 0 Å². The van der Waals surface area contributed by atoms with Gasteiger partial charge in [0.2, 0.25) is 0 Å². The summed E-state index contributed by atoms with van der Waals surface area (Å²) < 4.78 is 0. The van der Waals surface area contributed by atoms with Crippen molar-refractivity contribution in [3.63, 3.8) is 0 Å². The molecule has 1 aliphatic rings. The molecule has 1 aliphatic carbocycles. The Labute approximate surface area is 123 Å². The zero-order valence-electron chi connectivity index (χ0n) is 11.7. The van der Waals surface area contributed by atoms with Gasteiger partial charge in [-0.15, -0.1) is 0 Å². The Kier molecular flexibility index (Phi) is 6.46. The van der Waals surface area contributed by atoms with Crippen LogP contribution in [0.25, 0.3) is 0 Å². The lowest BCUT2D eigenvalue weighted by Crippen LogP contribution is -2.26. The van der Waals surface area contributed by atoms with Crippen LogP contribution in [0.5, 0.6) is 0 Å². The van der Waals surface area contributed by atoms with E-state index in [2.05, 4.69) is 6.58 Å². The highest BCUT2D eigenvalue weighted by atomic mass is 16.4. The highest BCUT2D eigenvalue weighted by Crippen LogP contribution is 2.25. The minimum atomic E-state index is -1.39. The van der Waals surface area contributed by atoms with Crippen LogP contribution in [0, 0.1) is 5.92 Å². The van der Waals surface area contributed by atoms with Crippen molar-refractivity contribution in [3.05, 3.63) is 36.0 Å².